The molecule has 2 aliphatic rings. The van der Waals surface area contributed by atoms with Gasteiger partial charge in [-0.3, -0.25) is 4.79 Å². The van der Waals surface area contributed by atoms with Crippen molar-refractivity contribution in [3.8, 4) is 11.4 Å². The normalized spacial score (nSPS) is 17.1. The first kappa shape index (κ1) is 17.9. The summed E-state index contributed by atoms with van der Waals surface area (Å²) in [7, 11) is 0. The Morgan fingerprint density at radius 3 is 2.52 bits per heavy atom. The molecule has 142 valence electrons. The maximum atomic E-state index is 12.5. The number of carbonyl (C=O) groups excluding carboxylic acids is 1. The first-order valence-electron chi connectivity index (χ1n) is 9.70. The van der Waals surface area contributed by atoms with E-state index in [0.29, 0.717) is 19.8 Å². The number of ether oxygens (including phenoxy) is 1. The lowest BCUT2D eigenvalue weighted by molar-refractivity contribution is -0.135. The van der Waals surface area contributed by atoms with Crippen molar-refractivity contribution >= 4 is 11.7 Å². The van der Waals surface area contributed by atoms with Gasteiger partial charge in [-0.05, 0) is 0 Å². The second-order valence-electron chi connectivity index (χ2n) is 7.43. The molecule has 6 nitrogen and oxygen atoms in total. The summed E-state index contributed by atoms with van der Waals surface area (Å²) in [5.41, 5.74) is 3.19. The van der Waals surface area contributed by atoms with Crippen LogP contribution in [0.5, 0.6) is 0 Å². The number of aromatic nitrogens is 2. The van der Waals surface area contributed by atoms with E-state index >= 15 is 0 Å². The molecule has 0 bridgehead atoms. The van der Waals surface area contributed by atoms with E-state index in [2.05, 4.69) is 4.90 Å². The Labute approximate surface area is 160 Å². The van der Waals surface area contributed by atoms with Crippen LogP contribution in [0.25, 0.3) is 11.4 Å². The summed E-state index contributed by atoms with van der Waals surface area (Å²) in [5, 5.41) is 0. The molecule has 0 saturated carbocycles. The van der Waals surface area contributed by atoms with Gasteiger partial charge in [-0.25, -0.2) is 9.97 Å². The van der Waals surface area contributed by atoms with Gasteiger partial charge in [0.25, 0.3) is 0 Å². The molecule has 2 aromatic rings. The van der Waals surface area contributed by atoms with Gasteiger partial charge in [0, 0.05) is 43.1 Å². The molecule has 1 aromatic heterocycles. The molecule has 2 aliphatic heterocycles. The van der Waals surface area contributed by atoms with Crippen molar-refractivity contribution in [2.45, 2.75) is 26.8 Å². The fourth-order valence-corrected chi connectivity index (χ4v) is 3.70. The number of hydrogen-bond acceptors (Lipinski definition) is 5. The van der Waals surface area contributed by atoms with Crippen LogP contribution in [0.15, 0.2) is 30.3 Å². The van der Waals surface area contributed by atoms with Gasteiger partial charge in [-0.1, -0.05) is 44.2 Å². The molecule has 1 fully saturated rings. The minimum Gasteiger partial charge on any atom is -0.378 e. The standard InChI is InChI=1S/C21H26N4O2/c1-15(2)21(26)25-9-8-18-17(14-25)20(24-10-12-27-13-11-24)23-19(22-18)16-6-4-3-5-7-16/h3-7,15H,8-14H2,1-2H3. The van der Waals surface area contributed by atoms with Crippen molar-refractivity contribution in [1.29, 1.82) is 0 Å². The zero-order chi connectivity index (χ0) is 18.8. The molecule has 1 aromatic carbocycles. The van der Waals surface area contributed by atoms with E-state index in [1.165, 1.54) is 0 Å². The van der Waals surface area contributed by atoms with Gasteiger partial charge >= 0.3 is 0 Å². The van der Waals surface area contributed by atoms with Crippen molar-refractivity contribution in [3.63, 3.8) is 0 Å². The van der Waals surface area contributed by atoms with Gasteiger partial charge in [0.15, 0.2) is 5.82 Å². The maximum Gasteiger partial charge on any atom is 0.225 e. The molecule has 0 aliphatic carbocycles. The third-order valence-corrected chi connectivity index (χ3v) is 5.19. The van der Waals surface area contributed by atoms with Crippen LogP contribution in [0.4, 0.5) is 5.82 Å². The molecule has 1 saturated heterocycles. The minimum absolute atomic E-state index is 0.00268. The molecule has 0 spiro atoms. The topological polar surface area (TPSA) is 58.6 Å². The molecule has 0 radical (unpaired) electrons. The largest absolute Gasteiger partial charge is 0.378 e. The van der Waals surface area contributed by atoms with Crippen LogP contribution < -0.4 is 4.90 Å². The fourth-order valence-electron chi connectivity index (χ4n) is 3.70. The van der Waals surface area contributed by atoms with E-state index in [1.54, 1.807) is 0 Å². The summed E-state index contributed by atoms with van der Waals surface area (Å²) in [4.78, 5) is 26.6. The third-order valence-electron chi connectivity index (χ3n) is 5.19. The van der Waals surface area contributed by atoms with Crippen molar-refractivity contribution in [3.05, 3.63) is 41.6 Å². The Kier molecular flexibility index (Phi) is 5.07. The highest BCUT2D eigenvalue weighted by Crippen LogP contribution is 2.30. The van der Waals surface area contributed by atoms with Gasteiger partial charge in [0.05, 0.1) is 25.5 Å². The van der Waals surface area contributed by atoms with Crippen molar-refractivity contribution < 1.29 is 9.53 Å². The van der Waals surface area contributed by atoms with Crippen LogP contribution in [-0.4, -0.2) is 53.6 Å². The number of fused-ring (bicyclic) bond motifs is 1. The highest BCUT2D eigenvalue weighted by molar-refractivity contribution is 5.78. The predicted molar refractivity (Wildman–Crippen MR) is 104 cm³/mol. The number of nitrogens with zero attached hydrogens (tertiary/aromatic N) is 4. The van der Waals surface area contributed by atoms with Gasteiger partial charge < -0.3 is 14.5 Å². The number of morpholine rings is 1. The Morgan fingerprint density at radius 1 is 1.07 bits per heavy atom. The van der Waals surface area contributed by atoms with E-state index in [0.717, 1.165) is 54.5 Å². The lowest BCUT2D eigenvalue weighted by Crippen LogP contribution is -2.42. The number of hydrogen-bond donors (Lipinski definition) is 0. The van der Waals surface area contributed by atoms with Crippen LogP contribution in [0.3, 0.4) is 0 Å². The van der Waals surface area contributed by atoms with E-state index in [-0.39, 0.29) is 11.8 Å². The number of rotatable bonds is 3. The molecular weight excluding hydrogens is 340 g/mol. The summed E-state index contributed by atoms with van der Waals surface area (Å²) >= 11 is 0. The molecule has 0 N–H and O–H groups in total. The lowest BCUT2D eigenvalue weighted by Gasteiger charge is -2.35. The summed E-state index contributed by atoms with van der Waals surface area (Å²) in [6, 6.07) is 10.1. The van der Waals surface area contributed by atoms with Gasteiger partial charge in [-0.2, -0.15) is 0 Å². The van der Waals surface area contributed by atoms with Crippen molar-refractivity contribution in [2.24, 2.45) is 5.92 Å². The average molecular weight is 366 g/mol. The minimum atomic E-state index is 0.00268. The summed E-state index contributed by atoms with van der Waals surface area (Å²) in [6.07, 6.45) is 0.771. The first-order chi connectivity index (χ1) is 13.1. The summed E-state index contributed by atoms with van der Waals surface area (Å²) in [6.45, 7) is 8.26. The van der Waals surface area contributed by atoms with E-state index in [4.69, 9.17) is 14.7 Å². The zero-order valence-electron chi connectivity index (χ0n) is 16.0. The Balaban J connectivity index is 1.75. The molecule has 0 atom stereocenters. The Bertz CT molecular complexity index is 816. The molecule has 4 rings (SSSR count). The fraction of sp³-hybridized carbons (Fsp3) is 0.476. The Hall–Kier alpha value is -2.47. The molecule has 3 heterocycles. The predicted octanol–water partition coefficient (Wildman–Crippen LogP) is 2.52. The van der Waals surface area contributed by atoms with Crippen molar-refractivity contribution in [1.82, 2.24) is 14.9 Å². The maximum absolute atomic E-state index is 12.5. The van der Waals surface area contributed by atoms with Crippen LogP contribution in [-0.2, 0) is 22.5 Å². The number of anilines is 1. The smallest absolute Gasteiger partial charge is 0.225 e. The summed E-state index contributed by atoms with van der Waals surface area (Å²) in [5.74, 6) is 1.92. The molecule has 0 unspecified atom stereocenters. The van der Waals surface area contributed by atoms with E-state index in [9.17, 15) is 4.79 Å². The molecule has 6 heteroatoms. The van der Waals surface area contributed by atoms with Crippen LogP contribution in [0, 0.1) is 5.92 Å². The monoisotopic (exact) mass is 366 g/mol. The molecule has 27 heavy (non-hydrogen) atoms. The van der Waals surface area contributed by atoms with Gasteiger partial charge in [0.1, 0.15) is 5.82 Å². The van der Waals surface area contributed by atoms with E-state index in [1.807, 2.05) is 49.1 Å². The van der Waals surface area contributed by atoms with Crippen LogP contribution in [0.2, 0.25) is 0 Å². The molecule has 1 amide bonds. The number of amides is 1. The van der Waals surface area contributed by atoms with Gasteiger partial charge in [0.2, 0.25) is 5.91 Å². The molecular formula is C21H26N4O2. The van der Waals surface area contributed by atoms with Crippen LogP contribution in [0.1, 0.15) is 25.1 Å². The van der Waals surface area contributed by atoms with Crippen LogP contribution >= 0.6 is 0 Å². The van der Waals surface area contributed by atoms with Crippen molar-refractivity contribution in [2.75, 3.05) is 37.7 Å². The third kappa shape index (κ3) is 3.67. The highest BCUT2D eigenvalue weighted by Gasteiger charge is 2.29. The van der Waals surface area contributed by atoms with Gasteiger partial charge in [-0.15, -0.1) is 0 Å². The quantitative estimate of drug-likeness (QED) is 0.835. The highest BCUT2D eigenvalue weighted by atomic mass is 16.5. The second kappa shape index (κ2) is 7.64. The summed E-state index contributed by atoms with van der Waals surface area (Å²) < 4.78 is 5.52. The SMILES string of the molecule is CC(C)C(=O)N1CCc2nc(-c3ccccc3)nc(N3CCOCC3)c2C1. The Morgan fingerprint density at radius 2 is 1.81 bits per heavy atom. The average Bonchev–Trinajstić information content (AvgIpc) is 2.73. The number of carbonyl (C=O) groups is 1. The lowest BCUT2D eigenvalue weighted by atomic mass is 10.0. The second-order valence-corrected chi connectivity index (χ2v) is 7.43. The number of benzene rings is 1. The zero-order valence-corrected chi connectivity index (χ0v) is 16.0. The first-order valence-corrected chi connectivity index (χ1v) is 9.70. The van der Waals surface area contributed by atoms with E-state index < -0.39 is 0 Å².